The number of aromatic nitrogens is 2. The molecule has 0 saturated heterocycles. The van der Waals surface area contributed by atoms with Gasteiger partial charge in [-0.1, -0.05) is 91.7 Å². The molecule has 5 aromatic carbocycles. The Kier molecular flexibility index (Phi) is 12.2. The molecule has 13 heteroatoms. The molecule has 1 aliphatic rings. The fourth-order valence-electron chi connectivity index (χ4n) is 7.26. The lowest BCUT2D eigenvalue weighted by molar-refractivity contribution is 0.0729. The summed E-state index contributed by atoms with van der Waals surface area (Å²) in [6, 6.07) is 31.8. The Labute approximate surface area is 349 Å². The topological polar surface area (TPSA) is 131 Å². The van der Waals surface area contributed by atoms with Crippen LogP contribution in [0.4, 0.5) is 0 Å². The summed E-state index contributed by atoms with van der Waals surface area (Å²) in [5.74, 6) is -0.982. The average molecular weight is 832 g/mol. The zero-order valence-corrected chi connectivity index (χ0v) is 35.0. The number of halogens is 1. The number of sulfonamides is 1. The van der Waals surface area contributed by atoms with Gasteiger partial charge in [0.05, 0.1) is 33.0 Å². The van der Waals surface area contributed by atoms with Crippen LogP contribution in [0.25, 0.3) is 16.5 Å². The molecular weight excluding hydrogens is 786 g/mol. The predicted octanol–water partition coefficient (Wildman–Crippen LogP) is 8.53. The molecule has 0 atom stereocenters. The first-order valence-electron chi connectivity index (χ1n) is 19.7. The van der Waals surface area contributed by atoms with Crippen LogP contribution in [0.2, 0.25) is 5.02 Å². The number of amides is 3. The van der Waals surface area contributed by atoms with Crippen molar-refractivity contribution < 1.29 is 27.5 Å². The highest BCUT2D eigenvalue weighted by molar-refractivity contribution is 7.90. The number of carbonyl (C=O) groups excluding carboxylic acids is 3. The van der Waals surface area contributed by atoms with E-state index in [1.807, 2.05) is 81.4 Å². The number of carbonyl (C=O) groups is 3. The molecular formula is C46H46ClN5O6S. The second kappa shape index (κ2) is 17.5. The summed E-state index contributed by atoms with van der Waals surface area (Å²) in [6.45, 7) is 9.16. The SMILES string of the molecule is CCCCN(Cc1cccc(OC(C)C)c1)C(=O)c1nn(-c2ccc(C(=O)NS(=O)(=O)c3ccc4ccccc4c3)cc2C(=O)N2CCc3ccccc3C2)c(C)c1Cl. The molecule has 0 bridgehead atoms. The van der Waals surface area contributed by atoms with Gasteiger partial charge in [-0.2, -0.15) is 5.10 Å². The van der Waals surface area contributed by atoms with E-state index in [4.69, 9.17) is 21.4 Å². The van der Waals surface area contributed by atoms with E-state index in [0.29, 0.717) is 49.4 Å². The lowest BCUT2D eigenvalue weighted by atomic mass is 9.98. The van der Waals surface area contributed by atoms with Crippen LogP contribution in [0.5, 0.6) is 5.75 Å². The largest absolute Gasteiger partial charge is 0.491 e. The van der Waals surface area contributed by atoms with Gasteiger partial charge in [-0.05, 0) is 104 Å². The van der Waals surface area contributed by atoms with E-state index < -0.39 is 21.8 Å². The maximum Gasteiger partial charge on any atom is 0.276 e. The Morgan fingerprint density at radius 3 is 2.41 bits per heavy atom. The molecule has 3 amide bonds. The first kappa shape index (κ1) is 41.2. The van der Waals surface area contributed by atoms with E-state index in [9.17, 15) is 22.8 Å². The number of fused-ring (bicyclic) bond motifs is 2. The van der Waals surface area contributed by atoms with E-state index in [1.54, 1.807) is 34.9 Å². The molecule has 304 valence electrons. The standard InChI is InChI=1S/C46H46ClN5O6S/c1-5-6-23-50(28-32-12-11-17-38(25-32)58-30(2)3)46(55)43-42(47)31(4)52(48-43)41-21-19-36(27-40(41)45(54)51-24-22-34-14-8-10-16-37(34)29-51)44(53)49-59(56,57)39-20-18-33-13-7-9-15-35(33)26-39/h7-21,25-27,30H,5-6,22-24,28-29H2,1-4H3,(H,49,53). The Balaban J connectivity index is 1.24. The molecule has 0 aliphatic carbocycles. The van der Waals surface area contributed by atoms with Crippen LogP contribution in [0.1, 0.15) is 87.2 Å². The van der Waals surface area contributed by atoms with E-state index >= 15 is 0 Å². The van der Waals surface area contributed by atoms with E-state index in [0.717, 1.165) is 34.9 Å². The highest BCUT2D eigenvalue weighted by Crippen LogP contribution is 2.30. The molecule has 0 spiro atoms. The van der Waals surface area contributed by atoms with Crippen LogP contribution in [0.3, 0.4) is 0 Å². The van der Waals surface area contributed by atoms with Gasteiger partial charge in [0.15, 0.2) is 5.69 Å². The molecule has 0 radical (unpaired) electrons. The minimum absolute atomic E-state index is 0.0109. The second-order valence-electron chi connectivity index (χ2n) is 15.0. The van der Waals surface area contributed by atoms with Crippen molar-refractivity contribution in [2.24, 2.45) is 0 Å². The Morgan fingerprint density at radius 1 is 0.898 bits per heavy atom. The smallest absolute Gasteiger partial charge is 0.276 e. The first-order valence-corrected chi connectivity index (χ1v) is 21.6. The van der Waals surface area contributed by atoms with Gasteiger partial charge in [-0.15, -0.1) is 0 Å². The molecule has 1 aliphatic heterocycles. The maximum atomic E-state index is 14.6. The molecule has 0 saturated carbocycles. The van der Waals surface area contributed by atoms with Crippen molar-refractivity contribution in [3.05, 3.63) is 153 Å². The van der Waals surface area contributed by atoms with Crippen LogP contribution in [-0.2, 0) is 29.5 Å². The van der Waals surface area contributed by atoms with Crippen molar-refractivity contribution in [2.45, 2.75) is 71.0 Å². The van der Waals surface area contributed by atoms with Crippen molar-refractivity contribution >= 4 is 50.1 Å². The number of ether oxygens (including phenoxy) is 1. The summed E-state index contributed by atoms with van der Waals surface area (Å²) in [4.78, 5) is 46.0. The molecule has 7 rings (SSSR count). The zero-order chi connectivity index (χ0) is 41.8. The summed E-state index contributed by atoms with van der Waals surface area (Å²) in [7, 11) is -4.29. The quantitative estimate of drug-likeness (QED) is 0.124. The normalized spacial score (nSPS) is 12.7. The summed E-state index contributed by atoms with van der Waals surface area (Å²) in [6.07, 6.45) is 2.23. The van der Waals surface area contributed by atoms with Gasteiger partial charge in [0.25, 0.3) is 27.7 Å². The van der Waals surface area contributed by atoms with Gasteiger partial charge >= 0.3 is 0 Å². The third-order valence-electron chi connectivity index (χ3n) is 10.4. The van der Waals surface area contributed by atoms with Crippen LogP contribution in [0.15, 0.2) is 114 Å². The van der Waals surface area contributed by atoms with Gasteiger partial charge in [-0.3, -0.25) is 14.4 Å². The number of rotatable bonds is 13. The van der Waals surface area contributed by atoms with Crippen molar-refractivity contribution in [1.29, 1.82) is 0 Å². The number of hydrogen-bond donors (Lipinski definition) is 1. The average Bonchev–Trinajstić information content (AvgIpc) is 3.53. The number of hydrogen-bond acceptors (Lipinski definition) is 7. The Morgan fingerprint density at radius 2 is 1.64 bits per heavy atom. The monoisotopic (exact) mass is 831 g/mol. The minimum Gasteiger partial charge on any atom is -0.491 e. The third-order valence-corrected chi connectivity index (χ3v) is 12.1. The van der Waals surface area contributed by atoms with Crippen molar-refractivity contribution in [3.8, 4) is 11.4 Å². The van der Waals surface area contributed by atoms with Crippen molar-refractivity contribution in [2.75, 3.05) is 13.1 Å². The number of nitrogens with one attached hydrogen (secondary N) is 1. The maximum absolute atomic E-state index is 14.6. The Hall–Kier alpha value is -5.98. The van der Waals surface area contributed by atoms with E-state index in [2.05, 4.69) is 4.72 Å². The number of nitrogens with zero attached hydrogens (tertiary/aromatic N) is 4. The molecule has 2 heterocycles. The van der Waals surface area contributed by atoms with Crippen LogP contribution in [0, 0.1) is 6.92 Å². The lowest BCUT2D eigenvalue weighted by Gasteiger charge is -2.29. The van der Waals surface area contributed by atoms with E-state index in [-0.39, 0.29) is 44.4 Å². The number of unbranched alkanes of at least 4 members (excludes halogenated alkanes) is 1. The molecule has 0 fully saturated rings. The summed E-state index contributed by atoms with van der Waals surface area (Å²) >= 11 is 6.93. The first-order chi connectivity index (χ1) is 28.3. The Bertz CT molecular complexity index is 2680. The fraction of sp³-hybridized carbons (Fsp3) is 0.261. The van der Waals surface area contributed by atoms with Crippen LogP contribution >= 0.6 is 11.6 Å². The summed E-state index contributed by atoms with van der Waals surface area (Å²) in [5, 5.41) is 6.41. The minimum atomic E-state index is -4.29. The summed E-state index contributed by atoms with van der Waals surface area (Å²) in [5.41, 5.74) is 3.77. The molecule has 1 N–H and O–H groups in total. The molecule has 59 heavy (non-hydrogen) atoms. The predicted molar refractivity (Wildman–Crippen MR) is 229 cm³/mol. The van der Waals surface area contributed by atoms with Gasteiger partial charge in [0.1, 0.15) is 5.75 Å². The highest BCUT2D eigenvalue weighted by Gasteiger charge is 2.30. The third kappa shape index (κ3) is 9.04. The van der Waals surface area contributed by atoms with Crippen LogP contribution < -0.4 is 9.46 Å². The summed E-state index contributed by atoms with van der Waals surface area (Å²) < 4.78 is 36.5. The number of benzene rings is 5. The molecule has 11 nitrogen and oxygen atoms in total. The second-order valence-corrected chi connectivity index (χ2v) is 17.0. The van der Waals surface area contributed by atoms with Crippen molar-refractivity contribution in [1.82, 2.24) is 24.3 Å². The van der Waals surface area contributed by atoms with Gasteiger partial charge in [-0.25, -0.2) is 17.8 Å². The van der Waals surface area contributed by atoms with Crippen molar-refractivity contribution in [3.63, 3.8) is 0 Å². The highest BCUT2D eigenvalue weighted by atomic mass is 35.5. The van der Waals surface area contributed by atoms with Gasteiger partial charge in [0, 0.05) is 31.7 Å². The van der Waals surface area contributed by atoms with Gasteiger partial charge in [0.2, 0.25) is 0 Å². The zero-order valence-electron chi connectivity index (χ0n) is 33.4. The fourth-order valence-corrected chi connectivity index (χ4v) is 8.47. The molecule has 0 unspecified atom stereocenters. The van der Waals surface area contributed by atoms with Gasteiger partial charge < -0.3 is 14.5 Å². The molecule has 1 aromatic heterocycles. The molecule has 6 aromatic rings. The lowest BCUT2D eigenvalue weighted by Crippen LogP contribution is -2.37. The van der Waals surface area contributed by atoms with Crippen LogP contribution in [-0.4, -0.2) is 64.9 Å². The van der Waals surface area contributed by atoms with E-state index in [1.165, 1.54) is 35.0 Å².